The highest BCUT2D eigenvalue weighted by Gasteiger charge is 2.40. The Morgan fingerprint density at radius 2 is 1.93 bits per heavy atom. The number of rotatable bonds is 4. The van der Waals surface area contributed by atoms with Gasteiger partial charge in [0.05, 0.1) is 0 Å². The zero-order valence-electron chi connectivity index (χ0n) is 16.0. The van der Waals surface area contributed by atoms with Crippen molar-refractivity contribution in [3.8, 4) is 5.82 Å². The molecule has 5 rings (SSSR count). The minimum Gasteiger partial charge on any atom is -0.356 e. The minimum absolute atomic E-state index is 0.420. The molecule has 3 atom stereocenters. The van der Waals surface area contributed by atoms with Crippen LogP contribution in [0.4, 0.5) is 5.82 Å². The van der Waals surface area contributed by atoms with Crippen molar-refractivity contribution in [2.45, 2.75) is 31.8 Å². The second kappa shape index (κ2) is 7.33. The van der Waals surface area contributed by atoms with E-state index in [1.54, 1.807) is 10.9 Å². The highest BCUT2D eigenvalue weighted by molar-refractivity contribution is 5.45. The first-order chi connectivity index (χ1) is 13.8. The van der Waals surface area contributed by atoms with Gasteiger partial charge in [0.15, 0.2) is 5.82 Å². The van der Waals surface area contributed by atoms with E-state index in [4.69, 9.17) is 4.98 Å². The Hall–Kier alpha value is -2.77. The van der Waals surface area contributed by atoms with E-state index in [-0.39, 0.29) is 0 Å². The van der Waals surface area contributed by atoms with Gasteiger partial charge in [0.1, 0.15) is 11.6 Å². The highest BCUT2D eigenvalue weighted by atomic mass is 15.4. The average Bonchev–Trinajstić information content (AvgIpc) is 3.39. The van der Waals surface area contributed by atoms with E-state index >= 15 is 0 Å². The largest absolute Gasteiger partial charge is 0.356 e. The quantitative estimate of drug-likeness (QED) is 0.726. The van der Waals surface area contributed by atoms with Crippen LogP contribution < -0.4 is 15.8 Å². The van der Waals surface area contributed by atoms with Crippen molar-refractivity contribution in [1.82, 2.24) is 30.6 Å². The summed E-state index contributed by atoms with van der Waals surface area (Å²) in [5.41, 5.74) is 8.44. The second-order valence-electron chi connectivity index (χ2n) is 7.67. The van der Waals surface area contributed by atoms with E-state index in [0.29, 0.717) is 18.0 Å². The van der Waals surface area contributed by atoms with E-state index in [0.717, 1.165) is 43.4 Å². The molecule has 2 fully saturated rings. The van der Waals surface area contributed by atoms with Crippen LogP contribution in [0.5, 0.6) is 0 Å². The van der Waals surface area contributed by atoms with Crippen molar-refractivity contribution < 1.29 is 0 Å². The maximum Gasteiger partial charge on any atom is 0.159 e. The normalized spacial score (nSPS) is 24.3. The summed E-state index contributed by atoms with van der Waals surface area (Å²) in [5.74, 6) is 3.12. The van der Waals surface area contributed by atoms with Gasteiger partial charge >= 0.3 is 0 Å². The maximum absolute atomic E-state index is 4.72. The summed E-state index contributed by atoms with van der Waals surface area (Å²) >= 11 is 0. The number of nitrogens with zero attached hydrogens (tertiary/aromatic N) is 5. The predicted octanol–water partition coefficient (Wildman–Crippen LogP) is 1.88. The van der Waals surface area contributed by atoms with Crippen molar-refractivity contribution in [3.63, 3.8) is 0 Å². The molecule has 3 aromatic rings. The van der Waals surface area contributed by atoms with Gasteiger partial charge in [-0.15, -0.1) is 0 Å². The van der Waals surface area contributed by atoms with E-state index in [1.807, 2.05) is 25.3 Å². The van der Waals surface area contributed by atoms with Gasteiger partial charge in [-0.2, -0.15) is 5.10 Å². The zero-order chi connectivity index (χ0) is 18.9. The molecule has 2 saturated heterocycles. The van der Waals surface area contributed by atoms with Gasteiger partial charge < -0.3 is 4.90 Å². The standard InChI is InChI=1S/C21H25N7/c1-15-23-20(13-21(24-15)28-10-5-9-22-28)27-11-8-18-17(14-27)19(26-25-18)12-16-6-3-2-4-7-16/h2-7,9-10,13,17-19,25-26H,8,11-12,14H2,1H3. The number of hydrazine groups is 1. The van der Waals surface area contributed by atoms with Gasteiger partial charge in [0.2, 0.25) is 0 Å². The van der Waals surface area contributed by atoms with Crippen LogP contribution in [0.3, 0.4) is 0 Å². The SMILES string of the molecule is Cc1nc(N2CCC3NNC(Cc4ccccc4)C3C2)cc(-n2cccn2)n1. The number of fused-ring (bicyclic) bond motifs is 1. The molecule has 28 heavy (non-hydrogen) atoms. The number of aromatic nitrogens is 4. The third-order valence-electron chi connectivity index (χ3n) is 5.80. The Kier molecular flexibility index (Phi) is 4.54. The molecule has 2 N–H and O–H groups in total. The smallest absolute Gasteiger partial charge is 0.159 e. The predicted molar refractivity (Wildman–Crippen MR) is 108 cm³/mol. The molecule has 0 bridgehead atoms. The molecule has 144 valence electrons. The number of piperidine rings is 1. The van der Waals surface area contributed by atoms with E-state index in [9.17, 15) is 0 Å². The zero-order valence-corrected chi connectivity index (χ0v) is 16.0. The third kappa shape index (κ3) is 3.39. The van der Waals surface area contributed by atoms with Crippen LogP contribution in [0.15, 0.2) is 54.9 Å². The van der Waals surface area contributed by atoms with E-state index < -0.39 is 0 Å². The van der Waals surface area contributed by atoms with Crippen molar-refractivity contribution in [2.75, 3.05) is 18.0 Å². The lowest BCUT2D eigenvalue weighted by Crippen LogP contribution is -2.47. The van der Waals surface area contributed by atoms with Crippen LogP contribution >= 0.6 is 0 Å². The number of aryl methyl sites for hydroxylation is 1. The molecular weight excluding hydrogens is 350 g/mol. The van der Waals surface area contributed by atoms with E-state index in [2.05, 4.69) is 56.2 Å². The number of anilines is 1. The Morgan fingerprint density at radius 3 is 2.75 bits per heavy atom. The molecule has 0 aliphatic carbocycles. The monoisotopic (exact) mass is 375 g/mol. The van der Waals surface area contributed by atoms with Gasteiger partial charge in [0, 0.05) is 49.6 Å². The molecule has 2 aromatic heterocycles. The molecule has 3 unspecified atom stereocenters. The van der Waals surface area contributed by atoms with Crippen molar-refractivity contribution >= 4 is 5.82 Å². The van der Waals surface area contributed by atoms with Crippen LogP contribution in [-0.4, -0.2) is 44.9 Å². The van der Waals surface area contributed by atoms with Crippen LogP contribution in [-0.2, 0) is 6.42 Å². The molecule has 2 aliphatic rings. The first-order valence-electron chi connectivity index (χ1n) is 9.92. The lowest BCUT2D eigenvalue weighted by molar-refractivity contribution is 0.350. The van der Waals surface area contributed by atoms with Gasteiger partial charge in [-0.1, -0.05) is 30.3 Å². The van der Waals surface area contributed by atoms with Crippen LogP contribution in [0.25, 0.3) is 5.82 Å². The van der Waals surface area contributed by atoms with Gasteiger partial charge in [0.25, 0.3) is 0 Å². The average molecular weight is 375 g/mol. The molecule has 0 radical (unpaired) electrons. The lowest BCUT2D eigenvalue weighted by Gasteiger charge is -2.37. The summed E-state index contributed by atoms with van der Waals surface area (Å²) in [4.78, 5) is 11.7. The number of benzene rings is 1. The third-order valence-corrected chi connectivity index (χ3v) is 5.80. The maximum atomic E-state index is 4.72. The fourth-order valence-corrected chi connectivity index (χ4v) is 4.39. The molecule has 0 spiro atoms. The van der Waals surface area contributed by atoms with Gasteiger partial charge in [-0.25, -0.2) is 14.6 Å². The molecule has 0 saturated carbocycles. The molecule has 0 amide bonds. The molecule has 4 heterocycles. The lowest BCUT2D eigenvalue weighted by atomic mass is 9.85. The summed E-state index contributed by atoms with van der Waals surface area (Å²) in [7, 11) is 0. The van der Waals surface area contributed by atoms with Crippen LogP contribution in [0.2, 0.25) is 0 Å². The summed E-state index contributed by atoms with van der Waals surface area (Å²) < 4.78 is 1.79. The summed E-state index contributed by atoms with van der Waals surface area (Å²) in [6, 6.07) is 15.6. The molecule has 7 heteroatoms. The summed E-state index contributed by atoms with van der Waals surface area (Å²) in [6.07, 6.45) is 5.82. The molecule has 2 aliphatic heterocycles. The molecule has 7 nitrogen and oxygen atoms in total. The summed E-state index contributed by atoms with van der Waals surface area (Å²) in [6.45, 7) is 3.92. The van der Waals surface area contributed by atoms with Crippen molar-refractivity contribution in [1.29, 1.82) is 0 Å². The minimum atomic E-state index is 0.420. The Bertz CT molecular complexity index is 925. The van der Waals surface area contributed by atoms with Gasteiger partial charge in [-0.3, -0.25) is 10.9 Å². The Balaban J connectivity index is 1.36. The fraction of sp³-hybridized carbons (Fsp3) is 0.381. The highest BCUT2D eigenvalue weighted by Crippen LogP contribution is 2.29. The van der Waals surface area contributed by atoms with Gasteiger partial charge in [-0.05, 0) is 31.4 Å². The van der Waals surface area contributed by atoms with Crippen molar-refractivity contribution in [3.05, 3.63) is 66.2 Å². The number of hydrogen-bond acceptors (Lipinski definition) is 6. The summed E-state index contributed by atoms with van der Waals surface area (Å²) in [5, 5.41) is 4.31. The molecular formula is C21H25N7. The molecule has 1 aromatic carbocycles. The fourth-order valence-electron chi connectivity index (χ4n) is 4.39. The number of nitrogens with one attached hydrogen (secondary N) is 2. The Morgan fingerprint density at radius 1 is 1.07 bits per heavy atom. The first kappa shape index (κ1) is 17.3. The van der Waals surface area contributed by atoms with Crippen LogP contribution in [0, 0.1) is 12.8 Å². The number of hydrogen-bond donors (Lipinski definition) is 2. The van der Waals surface area contributed by atoms with Crippen LogP contribution in [0.1, 0.15) is 17.8 Å². The van der Waals surface area contributed by atoms with E-state index in [1.165, 1.54) is 5.56 Å². The first-order valence-corrected chi connectivity index (χ1v) is 9.92. The van der Waals surface area contributed by atoms with Crippen molar-refractivity contribution in [2.24, 2.45) is 5.92 Å². The topological polar surface area (TPSA) is 70.9 Å². The second-order valence-corrected chi connectivity index (χ2v) is 7.67. The Labute approximate surface area is 164 Å².